The first-order valence-electron chi connectivity index (χ1n) is 6.64. The summed E-state index contributed by atoms with van der Waals surface area (Å²) in [5.74, 6) is 1.41. The molecular weight excluding hydrogens is 200 g/mol. The zero-order valence-corrected chi connectivity index (χ0v) is 10.7. The summed E-state index contributed by atoms with van der Waals surface area (Å²) >= 11 is 0. The van der Waals surface area contributed by atoms with Crippen molar-refractivity contribution >= 4 is 5.91 Å². The van der Waals surface area contributed by atoms with Gasteiger partial charge >= 0.3 is 0 Å². The molecule has 0 saturated heterocycles. The highest BCUT2D eigenvalue weighted by molar-refractivity contribution is 5.78. The highest BCUT2D eigenvalue weighted by atomic mass is 16.2. The molecule has 3 heteroatoms. The van der Waals surface area contributed by atoms with E-state index in [0.717, 1.165) is 44.7 Å². The minimum Gasteiger partial charge on any atom is -0.346 e. The first kappa shape index (κ1) is 13.5. The standard InChI is InChI=1S/C13H26N2O/c1-3-10-15(2)13(16)12-6-4-11(5-7-12)8-9-14/h11-12H,3-10,14H2,1-2H3. The lowest BCUT2D eigenvalue weighted by Crippen LogP contribution is -2.35. The molecule has 16 heavy (non-hydrogen) atoms. The Kier molecular flexibility index (Phi) is 5.81. The first-order chi connectivity index (χ1) is 7.69. The summed E-state index contributed by atoms with van der Waals surface area (Å²) in [4.78, 5) is 14.0. The third-order valence-electron chi connectivity index (χ3n) is 3.71. The summed E-state index contributed by atoms with van der Waals surface area (Å²) < 4.78 is 0. The van der Waals surface area contributed by atoms with E-state index in [1.54, 1.807) is 0 Å². The molecule has 1 aliphatic rings. The van der Waals surface area contributed by atoms with E-state index in [-0.39, 0.29) is 5.92 Å². The van der Waals surface area contributed by atoms with Gasteiger partial charge in [0.2, 0.25) is 5.91 Å². The summed E-state index contributed by atoms with van der Waals surface area (Å²) in [5.41, 5.74) is 5.57. The van der Waals surface area contributed by atoms with Crippen molar-refractivity contribution in [3.63, 3.8) is 0 Å². The van der Waals surface area contributed by atoms with Crippen molar-refractivity contribution in [2.75, 3.05) is 20.1 Å². The van der Waals surface area contributed by atoms with E-state index in [0.29, 0.717) is 5.91 Å². The largest absolute Gasteiger partial charge is 0.346 e. The van der Waals surface area contributed by atoms with E-state index < -0.39 is 0 Å². The zero-order valence-electron chi connectivity index (χ0n) is 10.7. The molecular formula is C13H26N2O. The number of hydrogen-bond acceptors (Lipinski definition) is 2. The van der Waals surface area contributed by atoms with Crippen molar-refractivity contribution in [1.82, 2.24) is 4.90 Å². The van der Waals surface area contributed by atoms with E-state index >= 15 is 0 Å². The van der Waals surface area contributed by atoms with Crippen LogP contribution in [0.25, 0.3) is 0 Å². The van der Waals surface area contributed by atoms with Gasteiger partial charge in [-0.15, -0.1) is 0 Å². The van der Waals surface area contributed by atoms with Crippen molar-refractivity contribution in [3.8, 4) is 0 Å². The molecule has 0 radical (unpaired) electrons. The Morgan fingerprint density at radius 1 is 1.31 bits per heavy atom. The molecule has 0 aromatic rings. The second-order valence-corrected chi connectivity index (χ2v) is 5.05. The Morgan fingerprint density at radius 3 is 2.44 bits per heavy atom. The molecule has 1 saturated carbocycles. The minimum absolute atomic E-state index is 0.283. The van der Waals surface area contributed by atoms with Gasteiger partial charge in [-0.25, -0.2) is 0 Å². The lowest BCUT2D eigenvalue weighted by Gasteiger charge is -2.30. The fourth-order valence-corrected chi connectivity index (χ4v) is 2.69. The Hall–Kier alpha value is -0.570. The normalized spacial score (nSPS) is 25.4. The monoisotopic (exact) mass is 226 g/mol. The smallest absolute Gasteiger partial charge is 0.225 e. The average Bonchev–Trinajstić information content (AvgIpc) is 2.30. The number of amides is 1. The van der Waals surface area contributed by atoms with Crippen LogP contribution in [0.4, 0.5) is 0 Å². The van der Waals surface area contributed by atoms with E-state index in [9.17, 15) is 4.79 Å². The van der Waals surface area contributed by atoms with Gasteiger partial charge in [0, 0.05) is 19.5 Å². The van der Waals surface area contributed by atoms with Crippen LogP contribution in [0.5, 0.6) is 0 Å². The quantitative estimate of drug-likeness (QED) is 0.779. The van der Waals surface area contributed by atoms with E-state index in [4.69, 9.17) is 5.73 Å². The number of carbonyl (C=O) groups excluding carboxylic acids is 1. The van der Waals surface area contributed by atoms with Crippen molar-refractivity contribution in [3.05, 3.63) is 0 Å². The highest BCUT2D eigenvalue weighted by Gasteiger charge is 2.27. The summed E-state index contributed by atoms with van der Waals surface area (Å²) in [7, 11) is 1.93. The lowest BCUT2D eigenvalue weighted by atomic mass is 9.80. The van der Waals surface area contributed by atoms with Crippen LogP contribution >= 0.6 is 0 Å². The fraction of sp³-hybridized carbons (Fsp3) is 0.923. The highest BCUT2D eigenvalue weighted by Crippen LogP contribution is 2.31. The molecule has 0 unspecified atom stereocenters. The molecule has 2 N–H and O–H groups in total. The van der Waals surface area contributed by atoms with Crippen LogP contribution in [0, 0.1) is 11.8 Å². The molecule has 0 aromatic carbocycles. The van der Waals surface area contributed by atoms with Gasteiger partial charge in [0.05, 0.1) is 0 Å². The third kappa shape index (κ3) is 3.78. The summed E-state index contributed by atoms with van der Waals surface area (Å²) in [6.45, 7) is 3.79. The maximum Gasteiger partial charge on any atom is 0.225 e. The van der Waals surface area contributed by atoms with E-state index in [1.807, 2.05) is 11.9 Å². The van der Waals surface area contributed by atoms with Gasteiger partial charge in [-0.1, -0.05) is 6.92 Å². The maximum atomic E-state index is 12.1. The molecule has 0 heterocycles. The van der Waals surface area contributed by atoms with Crippen LogP contribution in [-0.2, 0) is 4.79 Å². The van der Waals surface area contributed by atoms with E-state index in [1.165, 1.54) is 12.8 Å². The topological polar surface area (TPSA) is 46.3 Å². The maximum absolute atomic E-state index is 12.1. The van der Waals surface area contributed by atoms with Gasteiger partial charge in [0.15, 0.2) is 0 Å². The SMILES string of the molecule is CCCN(C)C(=O)C1CCC(CCN)CC1. The van der Waals surface area contributed by atoms with Crippen molar-refractivity contribution in [1.29, 1.82) is 0 Å². The molecule has 0 atom stereocenters. The Labute approximate surface area is 99.4 Å². The number of rotatable bonds is 5. The molecule has 1 fully saturated rings. The zero-order chi connectivity index (χ0) is 12.0. The average molecular weight is 226 g/mol. The number of carbonyl (C=O) groups is 1. The lowest BCUT2D eigenvalue weighted by molar-refractivity contribution is -0.135. The van der Waals surface area contributed by atoms with Gasteiger partial charge < -0.3 is 10.6 Å². The molecule has 1 rings (SSSR count). The van der Waals surface area contributed by atoms with Crippen molar-refractivity contribution < 1.29 is 4.79 Å². The third-order valence-corrected chi connectivity index (χ3v) is 3.71. The van der Waals surface area contributed by atoms with Crippen LogP contribution < -0.4 is 5.73 Å². The van der Waals surface area contributed by atoms with E-state index in [2.05, 4.69) is 6.92 Å². The first-order valence-corrected chi connectivity index (χ1v) is 6.64. The fourth-order valence-electron chi connectivity index (χ4n) is 2.69. The van der Waals surface area contributed by atoms with Crippen LogP contribution in [0.3, 0.4) is 0 Å². The molecule has 0 spiro atoms. The van der Waals surface area contributed by atoms with Crippen LogP contribution in [0.1, 0.15) is 45.4 Å². The molecule has 3 nitrogen and oxygen atoms in total. The Morgan fingerprint density at radius 2 is 1.94 bits per heavy atom. The van der Waals surface area contributed by atoms with Gasteiger partial charge in [0.1, 0.15) is 0 Å². The minimum atomic E-state index is 0.283. The number of nitrogens with zero attached hydrogens (tertiary/aromatic N) is 1. The molecule has 0 bridgehead atoms. The van der Waals surface area contributed by atoms with Crippen LogP contribution in [-0.4, -0.2) is 30.9 Å². The number of hydrogen-bond donors (Lipinski definition) is 1. The van der Waals surface area contributed by atoms with Gasteiger partial charge in [-0.2, -0.15) is 0 Å². The predicted molar refractivity (Wildman–Crippen MR) is 67.0 cm³/mol. The summed E-state index contributed by atoms with van der Waals surface area (Å²) in [6, 6.07) is 0. The molecule has 94 valence electrons. The summed E-state index contributed by atoms with van der Waals surface area (Å²) in [5, 5.41) is 0. The van der Waals surface area contributed by atoms with Gasteiger partial charge in [-0.3, -0.25) is 4.79 Å². The van der Waals surface area contributed by atoms with Crippen molar-refractivity contribution in [2.24, 2.45) is 17.6 Å². The predicted octanol–water partition coefficient (Wildman–Crippen LogP) is 2.01. The second-order valence-electron chi connectivity index (χ2n) is 5.05. The number of nitrogens with two attached hydrogens (primary N) is 1. The Balaban J connectivity index is 2.32. The van der Waals surface area contributed by atoms with Crippen LogP contribution in [0.15, 0.2) is 0 Å². The molecule has 0 aliphatic heterocycles. The summed E-state index contributed by atoms with van der Waals surface area (Å²) in [6.07, 6.45) is 6.69. The molecule has 1 aliphatic carbocycles. The van der Waals surface area contributed by atoms with Gasteiger partial charge in [-0.05, 0) is 51.0 Å². The Bertz CT molecular complexity index is 210. The molecule has 1 amide bonds. The second kappa shape index (κ2) is 6.89. The van der Waals surface area contributed by atoms with Gasteiger partial charge in [0.25, 0.3) is 0 Å². The van der Waals surface area contributed by atoms with Crippen LogP contribution in [0.2, 0.25) is 0 Å². The molecule has 0 aromatic heterocycles. The van der Waals surface area contributed by atoms with Crippen molar-refractivity contribution in [2.45, 2.75) is 45.4 Å².